The smallest absolute Gasteiger partial charge is 0.258 e. The second kappa shape index (κ2) is 7.93. The molecule has 0 spiro atoms. The molecule has 1 saturated heterocycles. The quantitative estimate of drug-likeness (QED) is 0.723. The first kappa shape index (κ1) is 20.1. The van der Waals surface area contributed by atoms with Crippen molar-refractivity contribution in [3.63, 3.8) is 0 Å². The summed E-state index contributed by atoms with van der Waals surface area (Å²) in [5, 5.41) is 5.54. The third kappa shape index (κ3) is 4.08. The first-order chi connectivity index (χ1) is 14.3. The van der Waals surface area contributed by atoms with E-state index in [2.05, 4.69) is 27.5 Å². The number of carbonyl (C=O) groups excluding carboxylic acids is 2. The Morgan fingerprint density at radius 1 is 1.20 bits per heavy atom. The number of hydrogen-bond donors (Lipinski definition) is 3. The van der Waals surface area contributed by atoms with Crippen LogP contribution < -0.4 is 21.1 Å². The number of nitrogens with one attached hydrogen (secondary N) is 3. The van der Waals surface area contributed by atoms with Crippen molar-refractivity contribution in [3.05, 3.63) is 45.2 Å². The van der Waals surface area contributed by atoms with Crippen LogP contribution in [0.15, 0.2) is 23.0 Å². The van der Waals surface area contributed by atoms with Crippen molar-refractivity contribution in [2.45, 2.75) is 46.0 Å². The second-order valence-corrected chi connectivity index (χ2v) is 8.52. The summed E-state index contributed by atoms with van der Waals surface area (Å²) < 4.78 is 0. The number of rotatable bonds is 3. The highest BCUT2D eigenvalue weighted by Gasteiger charge is 2.35. The molecule has 30 heavy (non-hydrogen) atoms. The van der Waals surface area contributed by atoms with Crippen LogP contribution in [-0.2, 0) is 9.59 Å². The SMILES string of the molecule is Cc1cc(C)cc(NC(=O)[C@@H]2CC(=O)Nc3nc(N4CCC[C@H](C)C4)[nH]c(=O)c32)c1. The average Bonchev–Trinajstić information content (AvgIpc) is 2.66. The zero-order valence-corrected chi connectivity index (χ0v) is 17.5. The van der Waals surface area contributed by atoms with E-state index >= 15 is 0 Å². The summed E-state index contributed by atoms with van der Waals surface area (Å²) in [6.07, 6.45) is 2.08. The van der Waals surface area contributed by atoms with Crippen molar-refractivity contribution in [1.29, 1.82) is 0 Å². The molecule has 2 aromatic rings. The molecule has 0 radical (unpaired) electrons. The van der Waals surface area contributed by atoms with Gasteiger partial charge in [-0.2, -0.15) is 4.98 Å². The van der Waals surface area contributed by atoms with E-state index in [4.69, 9.17) is 0 Å². The summed E-state index contributed by atoms with van der Waals surface area (Å²) in [5.41, 5.74) is 2.52. The number of fused-ring (bicyclic) bond motifs is 1. The molecular weight excluding hydrogens is 382 g/mol. The zero-order chi connectivity index (χ0) is 21.4. The lowest BCUT2D eigenvalue weighted by molar-refractivity contribution is -0.123. The van der Waals surface area contributed by atoms with Crippen molar-refractivity contribution in [2.75, 3.05) is 28.6 Å². The first-order valence-corrected chi connectivity index (χ1v) is 10.4. The predicted octanol–water partition coefficient (Wildman–Crippen LogP) is 2.69. The van der Waals surface area contributed by atoms with E-state index in [0.717, 1.165) is 37.1 Å². The fourth-order valence-electron chi connectivity index (χ4n) is 4.39. The Morgan fingerprint density at radius 3 is 2.63 bits per heavy atom. The van der Waals surface area contributed by atoms with E-state index in [-0.39, 0.29) is 35.2 Å². The second-order valence-electron chi connectivity index (χ2n) is 8.52. The summed E-state index contributed by atoms with van der Waals surface area (Å²) >= 11 is 0. The minimum Gasteiger partial charge on any atom is -0.342 e. The highest BCUT2D eigenvalue weighted by atomic mass is 16.2. The fraction of sp³-hybridized carbons (Fsp3) is 0.455. The number of aromatic amines is 1. The van der Waals surface area contributed by atoms with Gasteiger partial charge in [-0.25, -0.2) is 0 Å². The van der Waals surface area contributed by atoms with Gasteiger partial charge in [0.2, 0.25) is 17.8 Å². The van der Waals surface area contributed by atoms with Gasteiger partial charge in [-0.3, -0.25) is 19.4 Å². The monoisotopic (exact) mass is 409 g/mol. The average molecular weight is 409 g/mol. The Balaban J connectivity index is 1.65. The standard InChI is InChI=1S/C22H27N5O3/c1-12-5-4-6-27(11-12)22-25-19-18(21(30)26-22)16(10-17(28)24-19)20(29)23-15-8-13(2)7-14(3)9-15/h7-9,12,16H,4-6,10-11H2,1-3H3,(H,23,29)(H2,24,25,26,28,30)/t12-,16+/m0/s1. The Morgan fingerprint density at radius 2 is 1.93 bits per heavy atom. The number of aromatic nitrogens is 2. The summed E-state index contributed by atoms with van der Waals surface area (Å²) in [6.45, 7) is 7.66. The molecule has 3 heterocycles. The lowest BCUT2D eigenvalue weighted by atomic mass is 9.92. The first-order valence-electron chi connectivity index (χ1n) is 10.4. The summed E-state index contributed by atoms with van der Waals surface area (Å²) in [5.74, 6) is -0.460. The van der Waals surface area contributed by atoms with Gasteiger partial charge in [-0.1, -0.05) is 13.0 Å². The summed E-state index contributed by atoms with van der Waals surface area (Å²) in [4.78, 5) is 47.6. The Hall–Kier alpha value is -3.16. The van der Waals surface area contributed by atoms with E-state index in [1.807, 2.05) is 36.9 Å². The van der Waals surface area contributed by atoms with Crippen LogP contribution in [0.4, 0.5) is 17.5 Å². The molecule has 2 aliphatic rings. The third-order valence-corrected chi connectivity index (χ3v) is 5.70. The van der Waals surface area contributed by atoms with Gasteiger partial charge in [0.25, 0.3) is 5.56 Å². The van der Waals surface area contributed by atoms with Gasteiger partial charge in [0.15, 0.2) is 0 Å². The van der Waals surface area contributed by atoms with Crippen molar-refractivity contribution >= 4 is 29.3 Å². The summed E-state index contributed by atoms with van der Waals surface area (Å²) in [7, 11) is 0. The molecule has 4 rings (SSSR count). The number of nitrogens with zero attached hydrogens (tertiary/aromatic N) is 2. The number of carbonyl (C=O) groups is 2. The molecule has 0 aliphatic carbocycles. The third-order valence-electron chi connectivity index (χ3n) is 5.70. The molecule has 1 fully saturated rings. The van der Waals surface area contributed by atoms with Gasteiger partial charge in [0.05, 0.1) is 11.5 Å². The molecule has 158 valence electrons. The number of piperidine rings is 1. The molecule has 0 bridgehead atoms. The highest BCUT2D eigenvalue weighted by molar-refractivity contribution is 6.04. The number of benzene rings is 1. The Labute approximate surface area is 175 Å². The number of H-pyrrole nitrogens is 1. The van der Waals surface area contributed by atoms with Crippen LogP contribution in [0.2, 0.25) is 0 Å². The molecule has 8 nitrogen and oxygen atoms in total. The van der Waals surface area contributed by atoms with E-state index in [0.29, 0.717) is 17.6 Å². The largest absolute Gasteiger partial charge is 0.342 e. The molecule has 0 unspecified atom stereocenters. The van der Waals surface area contributed by atoms with Crippen molar-refractivity contribution in [3.8, 4) is 0 Å². The molecule has 8 heteroatoms. The van der Waals surface area contributed by atoms with Gasteiger partial charge in [-0.15, -0.1) is 0 Å². The van der Waals surface area contributed by atoms with E-state index in [1.165, 1.54) is 0 Å². The maximum absolute atomic E-state index is 13.0. The maximum Gasteiger partial charge on any atom is 0.258 e. The molecule has 3 N–H and O–H groups in total. The number of hydrogen-bond acceptors (Lipinski definition) is 5. The van der Waals surface area contributed by atoms with Gasteiger partial charge >= 0.3 is 0 Å². The minimum atomic E-state index is -0.889. The zero-order valence-electron chi connectivity index (χ0n) is 17.5. The predicted molar refractivity (Wildman–Crippen MR) is 116 cm³/mol. The van der Waals surface area contributed by atoms with Crippen molar-refractivity contribution in [2.24, 2.45) is 5.92 Å². The molecule has 1 aromatic heterocycles. The van der Waals surface area contributed by atoms with Crippen LogP contribution >= 0.6 is 0 Å². The van der Waals surface area contributed by atoms with E-state index in [9.17, 15) is 14.4 Å². The van der Waals surface area contributed by atoms with Gasteiger partial charge < -0.3 is 15.5 Å². The number of anilines is 3. The van der Waals surface area contributed by atoms with Crippen LogP contribution in [0.3, 0.4) is 0 Å². The van der Waals surface area contributed by atoms with Crippen LogP contribution in [0, 0.1) is 19.8 Å². The minimum absolute atomic E-state index is 0.0888. The van der Waals surface area contributed by atoms with Gasteiger partial charge in [0, 0.05) is 25.2 Å². The molecule has 1 aromatic carbocycles. The highest BCUT2D eigenvalue weighted by Crippen LogP contribution is 2.31. The van der Waals surface area contributed by atoms with Crippen LogP contribution in [-0.4, -0.2) is 34.9 Å². The molecular formula is C22H27N5O3. The normalized spacial score (nSPS) is 21.0. The van der Waals surface area contributed by atoms with Crippen LogP contribution in [0.5, 0.6) is 0 Å². The van der Waals surface area contributed by atoms with Gasteiger partial charge in [0.1, 0.15) is 5.82 Å². The van der Waals surface area contributed by atoms with E-state index < -0.39 is 5.92 Å². The van der Waals surface area contributed by atoms with Crippen LogP contribution in [0.25, 0.3) is 0 Å². The fourth-order valence-corrected chi connectivity index (χ4v) is 4.39. The topological polar surface area (TPSA) is 107 Å². The summed E-state index contributed by atoms with van der Waals surface area (Å²) in [6, 6.07) is 5.73. The Bertz CT molecular complexity index is 1040. The Kier molecular flexibility index (Phi) is 5.32. The maximum atomic E-state index is 13.0. The van der Waals surface area contributed by atoms with Crippen molar-refractivity contribution in [1.82, 2.24) is 9.97 Å². The number of amides is 2. The van der Waals surface area contributed by atoms with E-state index in [1.54, 1.807) is 0 Å². The molecule has 2 amide bonds. The molecule has 0 saturated carbocycles. The molecule has 2 atom stereocenters. The molecule has 2 aliphatic heterocycles. The van der Waals surface area contributed by atoms with Gasteiger partial charge in [-0.05, 0) is 55.9 Å². The lowest BCUT2D eigenvalue weighted by Crippen LogP contribution is -2.40. The lowest BCUT2D eigenvalue weighted by Gasteiger charge is -2.32. The van der Waals surface area contributed by atoms with Crippen molar-refractivity contribution < 1.29 is 9.59 Å². The van der Waals surface area contributed by atoms with Crippen LogP contribution in [0.1, 0.15) is 48.8 Å². The number of aryl methyl sites for hydroxylation is 2.